The predicted molar refractivity (Wildman–Crippen MR) is 92.9 cm³/mol. The summed E-state index contributed by atoms with van der Waals surface area (Å²) >= 11 is 0. The molecule has 21 heavy (non-hydrogen) atoms. The fraction of sp³-hybridized carbons (Fsp3) is 0.611. The largest absolute Gasteiger partial charge is 0.417 e. The molecule has 0 aromatic heterocycles. The fourth-order valence-electron chi connectivity index (χ4n) is 2.98. The van der Waals surface area contributed by atoms with Gasteiger partial charge >= 0.3 is 0 Å². The van der Waals surface area contributed by atoms with Gasteiger partial charge in [-0.2, -0.15) is 0 Å². The molecule has 0 amide bonds. The lowest BCUT2D eigenvalue weighted by Crippen LogP contribution is -2.42. The van der Waals surface area contributed by atoms with Crippen molar-refractivity contribution in [2.24, 2.45) is 17.3 Å². The van der Waals surface area contributed by atoms with Crippen molar-refractivity contribution < 1.29 is 9.22 Å². The van der Waals surface area contributed by atoms with Gasteiger partial charge in [0.1, 0.15) is 6.29 Å². The summed E-state index contributed by atoms with van der Waals surface area (Å²) in [6.45, 7) is 11.3. The van der Waals surface area contributed by atoms with Crippen LogP contribution in [0.1, 0.15) is 33.6 Å². The number of carbonyl (C=O) groups is 1. The highest BCUT2D eigenvalue weighted by Gasteiger charge is 2.37. The molecule has 1 aliphatic rings. The third-order valence-electron chi connectivity index (χ3n) is 3.85. The minimum absolute atomic E-state index is 0.151. The Morgan fingerprint density at radius 2 is 1.81 bits per heavy atom. The van der Waals surface area contributed by atoms with E-state index >= 15 is 0 Å². The second-order valence-corrected chi connectivity index (χ2v) is 9.52. The van der Waals surface area contributed by atoms with E-state index in [2.05, 4.69) is 52.1 Å². The van der Waals surface area contributed by atoms with Crippen molar-refractivity contribution in [2.75, 3.05) is 0 Å². The SMILES string of the molecule is C[SiH](C)OC([C@@H]1CC=CC[C@H]1C=CC=CC=O)C(C)(C)C. The third-order valence-corrected chi connectivity index (χ3v) is 4.69. The summed E-state index contributed by atoms with van der Waals surface area (Å²) in [7, 11) is -1.07. The van der Waals surface area contributed by atoms with Gasteiger partial charge < -0.3 is 4.43 Å². The van der Waals surface area contributed by atoms with Crippen molar-refractivity contribution in [3.63, 3.8) is 0 Å². The number of allylic oxidation sites excluding steroid dienone is 6. The molecule has 0 spiro atoms. The van der Waals surface area contributed by atoms with Gasteiger partial charge in [0.25, 0.3) is 0 Å². The molecule has 0 saturated heterocycles. The van der Waals surface area contributed by atoms with Crippen LogP contribution in [0.25, 0.3) is 0 Å². The molecule has 1 unspecified atom stereocenters. The lowest BCUT2D eigenvalue weighted by Gasteiger charge is -2.42. The Kier molecular flexibility index (Phi) is 7.33. The Morgan fingerprint density at radius 1 is 1.14 bits per heavy atom. The van der Waals surface area contributed by atoms with E-state index in [1.807, 2.05) is 12.2 Å². The number of aldehydes is 1. The third kappa shape index (κ3) is 6.14. The quantitative estimate of drug-likeness (QED) is 0.240. The molecule has 0 aromatic carbocycles. The monoisotopic (exact) mass is 306 g/mol. The topological polar surface area (TPSA) is 26.3 Å². The maximum absolute atomic E-state index is 10.3. The minimum atomic E-state index is -1.07. The van der Waals surface area contributed by atoms with Crippen LogP contribution in [-0.4, -0.2) is 21.4 Å². The molecular weight excluding hydrogens is 276 g/mol. The van der Waals surface area contributed by atoms with Crippen LogP contribution in [0.3, 0.4) is 0 Å². The normalized spacial score (nSPS) is 25.0. The molecule has 0 N–H and O–H groups in total. The van der Waals surface area contributed by atoms with Crippen molar-refractivity contribution in [1.29, 1.82) is 0 Å². The van der Waals surface area contributed by atoms with Crippen LogP contribution in [-0.2, 0) is 9.22 Å². The first-order valence-electron chi connectivity index (χ1n) is 7.95. The molecule has 0 aromatic rings. The molecule has 0 heterocycles. The molecule has 0 radical (unpaired) electrons. The Morgan fingerprint density at radius 3 is 2.38 bits per heavy atom. The number of hydrogen-bond acceptors (Lipinski definition) is 2. The zero-order valence-electron chi connectivity index (χ0n) is 14.1. The van der Waals surface area contributed by atoms with Crippen LogP contribution in [0, 0.1) is 17.3 Å². The Balaban J connectivity index is 2.91. The zero-order chi connectivity index (χ0) is 15.9. The first kappa shape index (κ1) is 18.1. The highest BCUT2D eigenvalue weighted by molar-refractivity contribution is 6.48. The molecule has 2 nitrogen and oxygen atoms in total. The molecule has 118 valence electrons. The average Bonchev–Trinajstić information content (AvgIpc) is 2.40. The van der Waals surface area contributed by atoms with Gasteiger partial charge in [-0.15, -0.1) is 0 Å². The molecular formula is C18H30O2Si. The number of hydrogen-bond donors (Lipinski definition) is 0. The van der Waals surface area contributed by atoms with E-state index in [0.29, 0.717) is 17.9 Å². The molecule has 1 rings (SSSR count). The predicted octanol–water partition coefficient (Wildman–Crippen LogP) is 4.29. The summed E-state index contributed by atoms with van der Waals surface area (Å²) in [6.07, 6.45) is 15.4. The average molecular weight is 307 g/mol. The number of carbonyl (C=O) groups excluding carboxylic acids is 1. The summed E-state index contributed by atoms with van der Waals surface area (Å²) in [4.78, 5) is 10.3. The van der Waals surface area contributed by atoms with E-state index in [4.69, 9.17) is 4.43 Å². The lowest BCUT2D eigenvalue weighted by atomic mass is 9.71. The molecule has 0 saturated carbocycles. The molecule has 3 heteroatoms. The Bertz CT molecular complexity index is 402. The maximum Gasteiger partial charge on any atom is 0.171 e. The van der Waals surface area contributed by atoms with Crippen LogP contribution in [0.15, 0.2) is 36.5 Å². The number of rotatable bonds is 6. The van der Waals surface area contributed by atoms with E-state index in [-0.39, 0.29) is 5.41 Å². The second kappa shape index (κ2) is 8.50. The smallest absolute Gasteiger partial charge is 0.171 e. The Hall–Kier alpha value is -0.933. The van der Waals surface area contributed by atoms with E-state index in [1.54, 1.807) is 0 Å². The summed E-state index contributed by atoms with van der Waals surface area (Å²) in [5.74, 6) is 1.01. The van der Waals surface area contributed by atoms with Gasteiger partial charge in [-0.05, 0) is 49.3 Å². The van der Waals surface area contributed by atoms with Crippen LogP contribution in [0.4, 0.5) is 0 Å². The van der Waals surface area contributed by atoms with Crippen LogP contribution in [0.2, 0.25) is 13.1 Å². The first-order chi connectivity index (χ1) is 9.86. The van der Waals surface area contributed by atoms with Gasteiger partial charge in [-0.1, -0.05) is 51.2 Å². The van der Waals surface area contributed by atoms with E-state index in [1.165, 1.54) is 6.08 Å². The van der Waals surface area contributed by atoms with Crippen LogP contribution >= 0.6 is 0 Å². The highest BCUT2D eigenvalue weighted by Crippen LogP contribution is 2.39. The fourth-order valence-corrected chi connectivity index (χ4v) is 4.18. The lowest BCUT2D eigenvalue weighted by molar-refractivity contribution is -0.104. The standard InChI is InChI=1S/C18H30O2Si/c1-18(2,3)17(20-21(4)5)16-13-9-8-12-15(16)11-7-6-10-14-19/h6-11,14-17,21H,12-13H2,1-5H3/t15-,16-,17?/m1/s1. The van der Waals surface area contributed by atoms with Gasteiger partial charge in [-0.3, -0.25) is 4.79 Å². The molecule has 0 fully saturated rings. The van der Waals surface area contributed by atoms with Crippen molar-refractivity contribution in [2.45, 2.75) is 52.8 Å². The minimum Gasteiger partial charge on any atom is -0.417 e. The van der Waals surface area contributed by atoms with Gasteiger partial charge in [0.05, 0.1) is 6.10 Å². The van der Waals surface area contributed by atoms with Crippen molar-refractivity contribution >= 4 is 15.3 Å². The highest BCUT2D eigenvalue weighted by atomic mass is 28.3. The van der Waals surface area contributed by atoms with E-state index in [9.17, 15) is 4.79 Å². The van der Waals surface area contributed by atoms with Gasteiger partial charge in [-0.25, -0.2) is 0 Å². The Labute approximate surface area is 131 Å². The van der Waals surface area contributed by atoms with Gasteiger partial charge in [0.2, 0.25) is 0 Å². The van der Waals surface area contributed by atoms with Crippen molar-refractivity contribution in [1.82, 2.24) is 0 Å². The summed E-state index contributed by atoms with van der Waals surface area (Å²) < 4.78 is 6.41. The van der Waals surface area contributed by atoms with E-state index < -0.39 is 9.04 Å². The van der Waals surface area contributed by atoms with Gasteiger partial charge in [0, 0.05) is 0 Å². The van der Waals surface area contributed by atoms with Gasteiger partial charge in [0.15, 0.2) is 9.04 Å². The molecule has 0 aliphatic heterocycles. The van der Waals surface area contributed by atoms with E-state index in [0.717, 1.165) is 19.1 Å². The summed E-state index contributed by atoms with van der Waals surface area (Å²) in [5, 5.41) is 0. The zero-order valence-corrected chi connectivity index (χ0v) is 15.2. The van der Waals surface area contributed by atoms with Crippen molar-refractivity contribution in [3.05, 3.63) is 36.5 Å². The second-order valence-electron chi connectivity index (χ2n) is 7.15. The summed E-state index contributed by atoms with van der Waals surface area (Å²) in [5.41, 5.74) is 0.151. The van der Waals surface area contributed by atoms with Crippen molar-refractivity contribution in [3.8, 4) is 0 Å². The molecule has 1 aliphatic carbocycles. The molecule has 0 bridgehead atoms. The first-order valence-corrected chi connectivity index (χ1v) is 10.7. The maximum atomic E-state index is 10.3. The molecule has 3 atom stereocenters. The van der Waals surface area contributed by atoms with Crippen LogP contribution in [0.5, 0.6) is 0 Å². The summed E-state index contributed by atoms with van der Waals surface area (Å²) in [6, 6.07) is 0. The van der Waals surface area contributed by atoms with Crippen LogP contribution < -0.4 is 0 Å².